The quantitative estimate of drug-likeness (QED) is 0.789. The summed E-state index contributed by atoms with van der Waals surface area (Å²) in [5, 5.41) is 3.80. The Morgan fingerprint density at radius 2 is 1.76 bits per heavy atom. The predicted octanol–water partition coefficient (Wildman–Crippen LogP) is 2.78. The van der Waals surface area contributed by atoms with Crippen molar-refractivity contribution in [2.45, 2.75) is 69.9 Å². The van der Waals surface area contributed by atoms with E-state index in [1.54, 1.807) is 0 Å². The zero-order valence-corrected chi connectivity index (χ0v) is 11.2. The summed E-state index contributed by atoms with van der Waals surface area (Å²) in [6.07, 6.45) is 13.2. The van der Waals surface area contributed by atoms with E-state index < -0.39 is 0 Å². The van der Waals surface area contributed by atoms with E-state index in [9.17, 15) is 0 Å². The second-order valence-electron chi connectivity index (χ2n) is 6.46. The second kappa shape index (κ2) is 5.71. The number of hydrogen-bond acceptors (Lipinski definition) is 2. The van der Waals surface area contributed by atoms with Gasteiger partial charge in [0.25, 0.3) is 0 Å². The van der Waals surface area contributed by atoms with Gasteiger partial charge in [-0.1, -0.05) is 32.1 Å². The largest absolute Gasteiger partial charge is 0.313 e. The number of nitrogens with zero attached hydrogens (tertiary/aromatic N) is 1. The van der Waals surface area contributed by atoms with Gasteiger partial charge < -0.3 is 5.32 Å². The molecular weight excluding hydrogens is 208 g/mol. The number of nitrogens with one attached hydrogen (secondary N) is 1. The molecule has 0 aromatic rings. The fourth-order valence-corrected chi connectivity index (χ4v) is 3.69. The Labute approximate surface area is 106 Å². The van der Waals surface area contributed by atoms with Gasteiger partial charge in [0.05, 0.1) is 0 Å². The molecule has 0 aromatic carbocycles. The molecule has 0 aromatic heterocycles. The van der Waals surface area contributed by atoms with E-state index in [0.717, 1.165) is 18.0 Å². The van der Waals surface area contributed by atoms with Crippen molar-refractivity contribution in [2.24, 2.45) is 5.92 Å². The minimum absolute atomic E-state index is 0.805. The highest BCUT2D eigenvalue weighted by atomic mass is 15.2. The lowest BCUT2D eigenvalue weighted by Crippen LogP contribution is -2.34. The monoisotopic (exact) mass is 236 g/mol. The highest BCUT2D eigenvalue weighted by Gasteiger charge is 2.34. The molecule has 98 valence electrons. The van der Waals surface area contributed by atoms with Crippen LogP contribution in [-0.2, 0) is 0 Å². The van der Waals surface area contributed by atoms with E-state index in [1.165, 1.54) is 77.4 Å². The van der Waals surface area contributed by atoms with Gasteiger partial charge in [-0.3, -0.25) is 4.90 Å². The van der Waals surface area contributed by atoms with Gasteiger partial charge >= 0.3 is 0 Å². The van der Waals surface area contributed by atoms with Gasteiger partial charge in [0.2, 0.25) is 0 Å². The van der Waals surface area contributed by atoms with E-state index in [0.29, 0.717) is 0 Å². The molecular formula is C15H28N2. The maximum absolute atomic E-state index is 3.80. The Morgan fingerprint density at radius 3 is 2.53 bits per heavy atom. The van der Waals surface area contributed by atoms with Crippen LogP contribution in [0.2, 0.25) is 0 Å². The van der Waals surface area contributed by atoms with Crippen LogP contribution in [-0.4, -0.2) is 36.6 Å². The maximum Gasteiger partial charge on any atom is 0.0207 e. The molecule has 0 bridgehead atoms. The van der Waals surface area contributed by atoms with Crippen LogP contribution in [0, 0.1) is 5.92 Å². The predicted molar refractivity (Wildman–Crippen MR) is 72.2 cm³/mol. The smallest absolute Gasteiger partial charge is 0.0207 e. The Hall–Kier alpha value is -0.0800. The molecule has 2 aliphatic carbocycles. The van der Waals surface area contributed by atoms with Crippen molar-refractivity contribution in [2.75, 3.05) is 19.6 Å². The molecule has 0 radical (unpaired) electrons. The van der Waals surface area contributed by atoms with Gasteiger partial charge in [-0.15, -0.1) is 0 Å². The second-order valence-corrected chi connectivity index (χ2v) is 6.46. The fraction of sp³-hybridized carbons (Fsp3) is 1.00. The van der Waals surface area contributed by atoms with Crippen molar-refractivity contribution in [3.63, 3.8) is 0 Å². The average molecular weight is 236 g/mol. The first-order chi connectivity index (χ1) is 8.42. The average Bonchev–Trinajstić information content (AvgIpc) is 3.11. The lowest BCUT2D eigenvalue weighted by atomic mass is 9.87. The molecule has 1 atom stereocenters. The van der Waals surface area contributed by atoms with E-state index in [4.69, 9.17) is 0 Å². The van der Waals surface area contributed by atoms with Crippen LogP contribution in [0.3, 0.4) is 0 Å². The molecule has 2 saturated carbocycles. The van der Waals surface area contributed by atoms with Crippen LogP contribution in [0.1, 0.15) is 57.8 Å². The summed E-state index contributed by atoms with van der Waals surface area (Å²) in [6, 6.07) is 1.78. The van der Waals surface area contributed by atoms with Gasteiger partial charge in [0.1, 0.15) is 0 Å². The summed E-state index contributed by atoms with van der Waals surface area (Å²) in [6.45, 7) is 3.95. The summed E-state index contributed by atoms with van der Waals surface area (Å²) in [7, 11) is 0. The molecule has 3 rings (SSSR count). The first kappa shape index (κ1) is 12.0. The summed E-state index contributed by atoms with van der Waals surface area (Å²) in [4.78, 5) is 2.71. The lowest BCUT2D eigenvalue weighted by molar-refractivity contribution is 0.307. The van der Waals surface area contributed by atoms with Crippen LogP contribution in [0.4, 0.5) is 0 Å². The number of rotatable bonds is 5. The van der Waals surface area contributed by atoms with E-state index >= 15 is 0 Å². The van der Waals surface area contributed by atoms with Crippen molar-refractivity contribution < 1.29 is 0 Å². The molecule has 0 amide bonds. The van der Waals surface area contributed by atoms with Crippen molar-refractivity contribution >= 4 is 0 Å². The highest BCUT2D eigenvalue weighted by Crippen LogP contribution is 2.30. The molecule has 1 unspecified atom stereocenters. The highest BCUT2D eigenvalue weighted by molar-refractivity contribution is 4.91. The topological polar surface area (TPSA) is 15.3 Å². The van der Waals surface area contributed by atoms with E-state index in [2.05, 4.69) is 10.2 Å². The summed E-state index contributed by atoms with van der Waals surface area (Å²) < 4.78 is 0. The third kappa shape index (κ3) is 3.45. The van der Waals surface area contributed by atoms with Crippen molar-refractivity contribution in [3.8, 4) is 0 Å². The van der Waals surface area contributed by atoms with Gasteiger partial charge in [-0.05, 0) is 38.1 Å². The third-order valence-corrected chi connectivity index (χ3v) is 4.99. The molecule has 1 aliphatic heterocycles. The van der Waals surface area contributed by atoms with Crippen LogP contribution in [0.5, 0.6) is 0 Å². The molecule has 1 heterocycles. The zero-order valence-electron chi connectivity index (χ0n) is 11.2. The Bertz CT molecular complexity index is 231. The Balaban J connectivity index is 1.29. The molecule has 2 nitrogen and oxygen atoms in total. The minimum Gasteiger partial charge on any atom is -0.313 e. The van der Waals surface area contributed by atoms with Gasteiger partial charge in [-0.2, -0.15) is 0 Å². The van der Waals surface area contributed by atoms with E-state index in [1.807, 2.05) is 0 Å². The minimum atomic E-state index is 0.805. The third-order valence-electron chi connectivity index (χ3n) is 4.99. The SMILES string of the molecule is C1CCC(CCNC2CCN(C3CC3)C2)CC1. The van der Waals surface area contributed by atoms with Crippen LogP contribution in [0.15, 0.2) is 0 Å². The normalized spacial score (nSPS) is 32.1. The first-order valence-electron chi connectivity index (χ1n) is 7.89. The van der Waals surface area contributed by atoms with Gasteiger partial charge in [0.15, 0.2) is 0 Å². The fourth-order valence-electron chi connectivity index (χ4n) is 3.69. The summed E-state index contributed by atoms with van der Waals surface area (Å²) in [5.74, 6) is 1.04. The van der Waals surface area contributed by atoms with E-state index in [-0.39, 0.29) is 0 Å². The molecule has 0 spiro atoms. The molecule has 3 fully saturated rings. The van der Waals surface area contributed by atoms with Gasteiger partial charge in [0, 0.05) is 25.2 Å². The first-order valence-corrected chi connectivity index (χ1v) is 7.89. The van der Waals surface area contributed by atoms with Crippen LogP contribution in [0.25, 0.3) is 0 Å². The Morgan fingerprint density at radius 1 is 0.941 bits per heavy atom. The standard InChI is InChI=1S/C15H28N2/c1-2-4-13(5-3-1)8-10-16-14-9-11-17(12-14)15-6-7-15/h13-16H,1-12H2. The van der Waals surface area contributed by atoms with Crippen LogP contribution < -0.4 is 5.32 Å². The molecule has 3 aliphatic rings. The zero-order chi connectivity index (χ0) is 11.5. The summed E-state index contributed by atoms with van der Waals surface area (Å²) >= 11 is 0. The van der Waals surface area contributed by atoms with Crippen LogP contribution >= 0.6 is 0 Å². The number of hydrogen-bond donors (Lipinski definition) is 1. The number of likely N-dealkylation sites (tertiary alicyclic amines) is 1. The lowest BCUT2D eigenvalue weighted by Gasteiger charge is -2.22. The van der Waals surface area contributed by atoms with Crippen molar-refractivity contribution in [1.82, 2.24) is 10.2 Å². The Kier molecular flexibility index (Phi) is 4.02. The summed E-state index contributed by atoms with van der Waals surface area (Å²) in [5.41, 5.74) is 0. The molecule has 2 heteroatoms. The molecule has 1 N–H and O–H groups in total. The van der Waals surface area contributed by atoms with Gasteiger partial charge in [-0.25, -0.2) is 0 Å². The maximum atomic E-state index is 3.80. The van der Waals surface area contributed by atoms with Crippen molar-refractivity contribution in [3.05, 3.63) is 0 Å². The molecule has 1 saturated heterocycles. The van der Waals surface area contributed by atoms with Crippen molar-refractivity contribution in [1.29, 1.82) is 0 Å². The molecule has 17 heavy (non-hydrogen) atoms.